The molecule has 0 unspecified atom stereocenters. The number of anilines is 2. The van der Waals surface area contributed by atoms with Crippen molar-refractivity contribution in [3.63, 3.8) is 0 Å². The monoisotopic (exact) mass is 282 g/mol. The maximum Gasteiger partial charge on any atom is 0.323 e. The van der Waals surface area contributed by atoms with Crippen molar-refractivity contribution in [2.75, 3.05) is 10.6 Å². The number of urea groups is 1. The molecule has 0 aliphatic heterocycles. The molecule has 2 aromatic carbocycles. The normalized spacial score (nSPS) is 10.5. The van der Waals surface area contributed by atoms with Crippen LogP contribution in [-0.4, -0.2) is 6.03 Å². The summed E-state index contributed by atoms with van der Waals surface area (Å²) in [7, 11) is 0. The van der Waals surface area contributed by atoms with Crippen LogP contribution in [0.1, 0.15) is 37.8 Å². The number of rotatable bonds is 4. The summed E-state index contributed by atoms with van der Waals surface area (Å²) in [5.41, 5.74) is 4.10. The SMILES string of the molecule is CCc1ccc(NC(=O)Nc2ccc(C(C)C)cc2)cc1. The fourth-order valence-corrected chi connectivity index (χ4v) is 2.07. The van der Waals surface area contributed by atoms with Gasteiger partial charge < -0.3 is 10.6 Å². The topological polar surface area (TPSA) is 41.1 Å². The number of hydrogen-bond acceptors (Lipinski definition) is 1. The molecule has 2 N–H and O–H groups in total. The lowest BCUT2D eigenvalue weighted by Gasteiger charge is -2.10. The predicted octanol–water partition coefficient (Wildman–Crippen LogP) is 5.02. The molecule has 0 radical (unpaired) electrons. The van der Waals surface area contributed by atoms with E-state index in [-0.39, 0.29) is 6.03 Å². The third-order valence-corrected chi connectivity index (χ3v) is 3.46. The van der Waals surface area contributed by atoms with Crippen LogP contribution >= 0.6 is 0 Å². The van der Waals surface area contributed by atoms with E-state index in [9.17, 15) is 4.79 Å². The zero-order chi connectivity index (χ0) is 15.2. The van der Waals surface area contributed by atoms with Gasteiger partial charge in [-0.2, -0.15) is 0 Å². The lowest BCUT2D eigenvalue weighted by molar-refractivity contribution is 0.262. The van der Waals surface area contributed by atoms with E-state index in [1.54, 1.807) is 0 Å². The summed E-state index contributed by atoms with van der Waals surface area (Å²) < 4.78 is 0. The van der Waals surface area contributed by atoms with Crippen molar-refractivity contribution >= 4 is 17.4 Å². The van der Waals surface area contributed by atoms with Crippen LogP contribution in [-0.2, 0) is 6.42 Å². The van der Waals surface area contributed by atoms with E-state index in [1.165, 1.54) is 11.1 Å². The molecule has 2 amide bonds. The van der Waals surface area contributed by atoms with E-state index in [1.807, 2.05) is 48.5 Å². The Labute approximate surface area is 126 Å². The molecule has 0 aliphatic carbocycles. The van der Waals surface area contributed by atoms with Gasteiger partial charge in [0.15, 0.2) is 0 Å². The zero-order valence-corrected chi connectivity index (χ0v) is 12.8. The minimum Gasteiger partial charge on any atom is -0.308 e. The smallest absolute Gasteiger partial charge is 0.308 e. The molecule has 0 atom stereocenters. The fraction of sp³-hybridized carbons (Fsp3) is 0.278. The van der Waals surface area contributed by atoms with Gasteiger partial charge in [0.05, 0.1) is 0 Å². The van der Waals surface area contributed by atoms with E-state index in [0.717, 1.165) is 17.8 Å². The summed E-state index contributed by atoms with van der Waals surface area (Å²) in [6.07, 6.45) is 0.995. The van der Waals surface area contributed by atoms with E-state index < -0.39 is 0 Å². The summed E-state index contributed by atoms with van der Waals surface area (Å²) in [4.78, 5) is 11.9. The van der Waals surface area contributed by atoms with Gasteiger partial charge >= 0.3 is 6.03 Å². The largest absolute Gasteiger partial charge is 0.323 e. The number of nitrogens with one attached hydrogen (secondary N) is 2. The van der Waals surface area contributed by atoms with Gasteiger partial charge in [0.1, 0.15) is 0 Å². The van der Waals surface area contributed by atoms with Crippen molar-refractivity contribution in [3.8, 4) is 0 Å². The van der Waals surface area contributed by atoms with E-state index in [0.29, 0.717) is 5.92 Å². The minimum atomic E-state index is -0.225. The Morgan fingerprint density at radius 2 is 1.38 bits per heavy atom. The summed E-state index contributed by atoms with van der Waals surface area (Å²) in [6, 6.07) is 15.6. The summed E-state index contributed by atoms with van der Waals surface area (Å²) in [6.45, 7) is 6.40. The first-order chi connectivity index (χ1) is 10.1. The standard InChI is InChI=1S/C18H22N2O/c1-4-14-5-9-16(10-6-14)19-18(21)20-17-11-7-15(8-12-17)13(2)3/h5-13H,4H2,1-3H3,(H2,19,20,21). The predicted molar refractivity (Wildman–Crippen MR) is 89.0 cm³/mol. The van der Waals surface area contributed by atoms with Gasteiger partial charge in [-0.1, -0.05) is 45.0 Å². The van der Waals surface area contributed by atoms with Gasteiger partial charge in [-0.05, 0) is 47.7 Å². The minimum absolute atomic E-state index is 0.225. The van der Waals surface area contributed by atoms with Crippen LogP contribution in [0.25, 0.3) is 0 Å². The maximum absolute atomic E-state index is 11.9. The van der Waals surface area contributed by atoms with Crippen LogP contribution in [0.15, 0.2) is 48.5 Å². The second-order valence-corrected chi connectivity index (χ2v) is 5.41. The molecule has 2 rings (SSSR count). The van der Waals surface area contributed by atoms with E-state index in [2.05, 4.69) is 31.4 Å². The Hall–Kier alpha value is -2.29. The number of amides is 2. The second kappa shape index (κ2) is 6.93. The highest BCUT2D eigenvalue weighted by Gasteiger charge is 2.04. The van der Waals surface area contributed by atoms with Gasteiger partial charge in [-0.15, -0.1) is 0 Å². The molecule has 0 bridgehead atoms. The number of carbonyl (C=O) groups excluding carboxylic acids is 1. The second-order valence-electron chi connectivity index (χ2n) is 5.41. The Morgan fingerprint density at radius 1 is 0.905 bits per heavy atom. The number of carbonyl (C=O) groups is 1. The van der Waals surface area contributed by atoms with Crippen molar-refractivity contribution in [2.24, 2.45) is 0 Å². The third-order valence-electron chi connectivity index (χ3n) is 3.46. The molecule has 0 saturated carbocycles. The van der Waals surface area contributed by atoms with Crippen LogP contribution in [0.2, 0.25) is 0 Å². The molecule has 0 aliphatic rings. The van der Waals surface area contributed by atoms with E-state index in [4.69, 9.17) is 0 Å². The van der Waals surface area contributed by atoms with Gasteiger partial charge in [-0.3, -0.25) is 0 Å². The molecule has 3 heteroatoms. The lowest BCUT2D eigenvalue weighted by atomic mass is 10.0. The summed E-state index contributed by atoms with van der Waals surface area (Å²) >= 11 is 0. The summed E-state index contributed by atoms with van der Waals surface area (Å²) in [5.74, 6) is 0.491. The van der Waals surface area contributed by atoms with Gasteiger partial charge in [-0.25, -0.2) is 4.79 Å². The Morgan fingerprint density at radius 3 is 1.81 bits per heavy atom. The van der Waals surface area contributed by atoms with Crippen molar-refractivity contribution in [2.45, 2.75) is 33.1 Å². The van der Waals surface area contributed by atoms with Crippen molar-refractivity contribution in [1.29, 1.82) is 0 Å². The highest BCUT2D eigenvalue weighted by Crippen LogP contribution is 2.17. The quantitative estimate of drug-likeness (QED) is 0.812. The Bertz CT molecular complexity index is 586. The highest BCUT2D eigenvalue weighted by atomic mass is 16.2. The lowest BCUT2D eigenvalue weighted by Crippen LogP contribution is -2.19. The van der Waals surface area contributed by atoms with Crippen LogP contribution < -0.4 is 10.6 Å². The molecule has 0 aromatic heterocycles. The molecule has 21 heavy (non-hydrogen) atoms. The van der Waals surface area contributed by atoms with Crippen molar-refractivity contribution in [3.05, 3.63) is 59.7 Å². The van der Waals surface area contributed by atoms with Crippen LogP contribution in [0.4, 0.5) is 16.2 Å². The average molecular weight is 282 g/mol. The first kappa shape index (κ1) is 15.1. The first-order valence-electron chi connectivity index (χ1n) is 7.35. The number of hydrogen-bond donors (Lipinski definition) is 2. The molecular weight excluding hydrogens is 260 g/mol. The number of benzene rings is 2. The molecule has 0 saturated heterocycles. The van der Waals surface area contributed by atoms with Crippen LogP contribution in [0, 0.1) is 0 Å². The van der Waals surface area contributed by atoms with Crippen LogP contribution in [0.3, 0.4) is 0 Å². The molecule has 0 heterocycles. The van der Waals surface area contributed by atoms with Gasteiger partial charge in [0.25, 0.3) is 0 Å². The van der Waals surface area contributed by atoms with Crippen LogP contribution in [0.5, 0.6) is 0 Å². The van der Waals surface area contributed by atoms with Crippen molar-refractivity contribution in [1.82, 2.24) is 0 Å². The first-order valence-corrected chi connectivity index (χ1v) is 7.35. The maximum atomic E-state index is 11.9. The molecule has 2 aromatic rings. The van der Waals surface area contributed by atoms with Crippen molar-refractivity contribution < 1.29 is 4.79 Å². The highest BCUT2D eigenvalue weighted by molar-refractivity contribution is 5.99. The Balaban J connectivity index is 1.94. The molecule has 3 nitrogen and oxygen atoms in total. The molecular formula is C18H22N2O. The third kappa shape index (κ3) is 4.35. The van der Waals surface area contributed by atoms with E-state index >= 15 is 0 Å². The number of aryl methyl sites for hydroxylation is 1. The average Bonchev–Trinajstić information content (AvgIpc) is 2.48. The molecule has 110 valence electrons. The molecule has 0 spiro atoms. The fourth-order valence-electron chi connectivity index (χ4n) is 2.07. The Kier molecular flexibility index (Phi) is 4.99. The molecule has 0 fully saturated rings. The summed E-state index contributed by atoms with van der Waals surface area (Å²) in [5, 5.41) is 5.66. The van der Waals surface area contributed by atoms with Gasteiger partial charge in [0, 0.05) is 11.4 Å². The zero-order valence-electron chi connectivity index (χ0n) is 12.8. The van der Waals surface area contributed by atoms with Gasteiger partial charge in [0.2, 0.25) is 0 Å².